The van der Waals surface area contributed by atoms with Crippen molar-refractivity contribution >= 4 is 15.9 Å². The molecule has 5 heteroatoms. The second kappa shape index (κ2) is 8.29. The molecule has 0 aliphatic heterocycles. The summed E-state index contributed by atoms with van der Waals surface area (Å²) in [5.41, 5.74) is 2.43. The van der Waals surface area contributed by atoms with Crippen molar-refractivity contribution in [1.82, 2.24) is 20.3 Å². The van der Waals surface area contributed by atoms with Gasteiger partial charge in [-0.15, -0.1) is 5.10 Å². The molecule has 0 radical (unpaired) electrons. The molecular formula is C16H23BrN4. The standard InChI is InChI=1S/C16H23BrN4/c1-3-8-18-11-14(10-16-12-21(2)20-19-16)9-13-4-6-15(17)7-5-13/h4-7,12,14,18H,3,8-11H2,1-2H3. The Kier molecular flexibility index (Phi) is 6.39. The average Bonchev–Trinajstić information content (AvgIpc) is 2.87. The number of aryl methyl sites for hydroxylation is 1. The van der Waals surface area contributed by atoms with Crippen LogP contribution in [0.2, 0.25) is 0 Å². The predicted octanol–water partition coefficient (Wildman–Crippen LogP) is 2.98. The van der Waals surface area contributed by atoms with E-state index in [1.165, 1.54) is 5.56 Å². The molecule has 1 atom stereocenters. The van der Waals surface area contributed by atoms with Crippen molar-refractivity contribution in [3.63, 3.8) is 0 Å². The molecular weight excluding hydrogens is 328 g/mol. The zero-order valence-corrected chi connectivity index (χ0v) is 14.3. The summed E-state index contributed by atoms with van der Waals surface area (Å²) in [4.78, 5) is 0. The number of benzene rings is 1. The Hall–Kier alpha value is -1.20. The Morgan fingerprint density at radius 1 is 1.24 bits per heavy atom. The zero-order chi connectivity index (χ0) is 15.1. The van der Waals surface area contributed by atoms with E-state index in [1.807, 2.05) is 13.2 Å². The molecule has 4 nitrogen and oxygen atoms in total. The van der Waals surface area contributed by atoms with E-state index in [-0.39, 0.29) is 0 Å². The second-order valence-electron chi connectivity index (χ2n) is 5.49. The minimum Gasteiger partial charge on any atom is -0.316 e. The van der Waals surface area contributed by atoms with Crippen molar-refractivity contribution in [2.75, 3.05) is 13.1 Å². The molecule has 0 aliphatic rings. The first-order chi connectivity index (χ1) is 10.2. The van der Waals surface area contributed by atoms with E-state index in [4.69, 9.17) is 0 Å². The molecule has 0 saturated carbocycles. The third kappa shape index (κ3) is 5.59. The monoisotopic (exact) mass is 350 g/mol. The number of hydrogen-bond donors (Lipinski definition) is 1. The largest absolute Gasteiger partial charge is 0.316 e. The molecule has 0 bridgehead atoms. The van der Waals surface area contributed by atoms with Crippen LogP contribution in [0.3, 0.4) is 0 Å². The van der Waals surface area contributed by atoms with Crippen molar-refractivity contribution < 1.29 is 0 Å². The first kappa shape index (κ1) is 16.2. The van der Waals surface area contributed by atoms with Crippen molar-refractivity contribution in [3.05, 3.63) is 46.2 Å². The molecule has 21 heavy (non-hydrogen) atoms. The molecule has 0 spiro atoms. The van der Waals surface area contributed by atoms with Crippen LogP contribution in [0.25, 0.3) is 0 Å². The van der Waals surface area contributed by atoms with Gasteiger partial charge in [0.1, 0.15) is 0 Å². The van der Waals surface area contributed by atoms with E-state index >= 15 is 0 Å². The number of nitrogens with one attached hydrogen (secondary N) is 1. The average molecular weight is 351 g/mol. The van der Waals surface area contributed by atoms with E-state index in [0.29, 0.717) is 5.92 Å². The lowest BCUT2D eigenvalue weighted by Gasteiger charge is -2.16. The summed E-state index contributed by atoms with van der Waals surface area (Å²) < 4.78 is 2.90. The molecule has 0 saturated heterocycles. The van der Waals surface area contributed by atoms with Crippen molar-refractivity contribution in [1.29, 1.82) is 0 Å². The van der Waals surface area contributed by atoms with Gasteiger partial charge < -0.3 is 5.32 Å². The summed E-state index contributed by atoms with van der Waals surface area (Å²) in [6.45, 7) is 4.27. The van der Waals surface area contributed by atoms with E-state index in [0.717, 1.165) is 42.5 Å². The Morgan fingerprint density at radius 3 is 2.62 bits per heavy atom. The van der Waals surface area contributed by atoms with Crippen LogP contribution in [-0.2, 0) is 19.9 Å². The molecule has 1 aromatic carbocycles. The quantitative estimate of drug-likeness (QED) is 0.744. The summed E-state index contributed by atoms with van der Waals surface area (Å²) in [6.07, 6.45) is 5.19. The summed E-state index contributed by atoms with van der Waals surface area (Å²) in [6, 6.07) is 8.59. The van der Waals surface area contributed by atoms with Crippen LogP contribution in [0.5, 0.6) is 0 Å². The Bertz CT molecular complexity index is 535. The Balaban J connectivity index is 1.98. The molecule has 2 rings (SSSR count). The van der Waals surface area contributed by atoms with Gasteiger partial charge in [-0.05, 0) is 56.0 Å². The molecule has 1 N–H and O–H groups in total. The third-order valence-electron chi connectivity index (χ3n) is 3.45. The van der Waals surface area contributed by atoms with Gasteiger partial charge in [-0.3, -0.25) is 4.68 Å². The topological polar surface area (TPSA) is 42.7 Å². The number of nitrogens with zero attached hydrogens (tertiary/aromatic N) is 3. The molecule has 1 aromatic heterocycles. The number of rotatable bonds is 8. The fraction of sp³-hybridized carbons (Fsp3) is 0.500. The minimum absolute atomic E-state index is 0.537. The van der Waals surface area contributed by atoms with E-state index < -0.39 is 0 Å². The first-order valence-corrected chi connectivity index (χ1v) is 8.27. The normalized spacial score (nSPS) is 12.5. The molecule has 0 fully saturated rings. The highest BCUT2D eigenvalue weighted by Gasteiger charge is 2.13. The van der Waals surface area contributed by atoms with E-state index in [2.05, 4.69) is 62.7 Å². The molecule has 0 aliphatic carbocycles. The fourth-order valence-electron chi connectivity index (χ4n) is 2.44. The van der Waals surface area contributed by atoms with Gasteiger partial charge in [-0.25, -0.2) is 0 Å². The summed E-state index contributed by atoms with van der Waals surface area (Å²) in [5.74, 6) is 0.537. The molecule has 1 unspecified atom stereocenters. The van der Waals surface area contributed by atoms with Crippen LogP contribution in [-0.4, -0.2) is 28.1 Å². The third-order valence-corrected chi connectivity index (χ3v) is 3.97. The first-order valence-electron chi connectivity index (χ1n) is 7.47. The van der Waals surface area contributed by atoms with Crippen LogP contribution >= 0.6 is 15.9 Å². The molecule has 2 aromatic rings. The maximum atomic E-state index is 4.22. The highest BCUT2D eigenvalue weighted by molar-refractivity contribution is 9.10. The van der Waals surface area contributed by atoms with Gasteiger partial charge >= 0.3 is 0 Å². The van der Waals surface area contributed by atoms with Gasteiger partial charge in [0, 0.05) is 17.7 Å². The molecule has 1 heterocycles. The highest BCUT2D eigenvalue weighted by atomic mass is 79.9. The molecule has 0 amide bonds. The smallest absolute Gasteiger partial charge is 0.0830 e. The zero-order valence-electron chi connectivity index (χ0n) is 12.7. The Labute approximate surface area is 135 Å². The summed E-state index contributed by atoms with van der Waals surface area (Å²) in [5, 5.41) is 11.8. The maximum absolute atomic E-state index is 4.22. The maximum Gasteiger partial charge on any atom is 0.0830 e. The lowest BCUT2D eigenvalue weighted by molar-refractivity contribution is 0.466. The SMILES string of the molecule is CCCNCC(Cc1ccc(Br)cc1)Cc1cn(C)nn1. The minimum atomic E-state index is 0.537. The number of hydrogen-bond acceptors (Lipinski definition) is 3. The van der Waals surface area contributed by atoms with Crippen molar-refractivity contribution in [3.8, 4) is 0 Å². The van der Waals surface area contributed by atoms with E-state index in [9.17, 15) is 0 Å². The second-order valence-corrected chi connectivity index (χ2v) is 6.40. The predicted molar refractivity (Wildman–Crippen MR) is 89.2 cm³/mol. The Morgan fingerprint density at radius 2 is 2.00 bits per heavy atom. The molecule has 114 valence electrons. The number of halogens is 1. The summed E-state index contributed by atoms with van der Waals surface area (Å²) >= 11 is 3.49. The van der Waals surface area contributed by atoms with Gasteiger partial charge in [-0.2, -0.15) is 0 Å². The van der Waals surface area contributed by atoms with Gasteiger partial charge in [0.05, 0.1) is 5.69 Å². The lowest BCUT2D eigenvalue weighted by atomic mass is 9.95. The van der Waals surface area contributed by atoms with Crippen LogP contribution in [0, 0.1) is 5.92 Å². The van der Waals surface area contributed by atoms with E-state index in [1.54, 1.807) is 4.68 Å². The van der Waals surface area contributed by atoms with Crippen LogP contribution < -0.4 is 5.32 Å². The highest BCUT2D eigenvalue weighted by Crippen LogP contribution is 2.16. The summed E-state index contributed by atoms with van der Waals surface area (Å²) in [7, 11) is 1.91. The van der Waals surface area contributed by atoms with Crippen LogP contribution in [0.15, 0.2) is 34.9 Å². The van der Waals surface area contributed by atoms with Crippen molar-refractivity contribution in [2.24, 2.45) is 13.0 Å². The van der Waals surface area contributed by atoms with Crippen molar-refractivity contribution in [2.45, 2.75) is 26.2 Å². The fourth-order valence-corrected chi connectivity index (χ4v) is 2.70. The van der Waals surface area contributed by atoms with Gasteiger partial charge in [0.15, 0.2) is 0 Å². The van der Waals surface area contributed by atoms with Gasteiger partial charge in [0.2, 0.25) is 0 Å². The lowest BCUT2D eigenvalue weighted by Crippen LogP contribution is -2.26. The van der Waals surface area contributed by atoms with Crippen LogP contribution in [0.4, 0.5) is 0 Å². The van der Waals surface area contributed by atoms with Gasteiger partial charge in [0.25, 0.3) is 0 Å². The van der Waals surface area contributed by atoms with Gasteiger partial charge in [-0.1, -0.05) is 40.2 Å². The number of aromatic nitrogens is 3. The van der Waals surface area contributed by atoms with Crippen LogP contribution in [0.1, 0.15) is 24.6 Å².